The lowest BCUT2D eigenvalue weighted by Crippen LogP contribution is -2.44. The number of unbranched alkanes of at least 4 members (excludes halogenated alkanes) is 2. The maximum Gasteiger partial charge on any atom is 0.254 e. The van der Waals surface area contributed by atoms with E-state index in [1.807, 2.05) is 67.6 Å². The summed E-state index contributed by atoms with van der Waals surface area (Å²) in [4.78, 5) is 43.9. The zero-order valence-electron chi connectivity index (χ0n) is 24.8. The quantitative estimate of drug-likeness (QED) is 0.171. The Kier molecular flexibility index (Phi) is 11.1. The number of carbonyl (C=O) groups is 2. The Labute approximate surface area is 247 Å². The van der Waals surface area contributed by atoms with Gasteiger partial charge in [-0.15, -0.1) is 0 Å². The second-order valence-corrected chi connectivity index (χ2v) is 10.7. The smallest absolute Gasteiger partial charge is 0.254 e. The molecule has 0 saturated carbocycles. The predicted molar refractivity (Wildman–Crippen MR) is 165 cm³/mol. The van der Waals surface area contributed by atoms with Gasteiger partial charge in [0.1, 0.15) is 12.1 Å². The topological polar surface area (TPSA) is 80.1 Å². The van der Waals surface area contributed by atoms with E-state index in [-0.39, 0.29) is 43.4 Å². The number of hydrogen-bond donors (Lipinski definition) is 0. The Hall–Kier alpha value is -4.23. The normalized spacial score (nSPS) is 11.0. The average molecular weight is 569 g/mol. The Morgan fingerprint density at radius 1 is 0.881 bits per heavy atom. The van der Waals surface area contributed by atoms with Gasteiger partial charge in [-0.2, -0.15) is 0 Å². The lowest BCUT2D eigenvalue weighted by atomic mass is 10.0. The summed E-state index contributed by atoms with van der Waals surface area (Å²) in [6.45, 7) is 4.84. The molecule has 42 heavy (non-hydrogen) atoms. The number of nitrogens with zero attached hydrogens (tertiary/aromatic N) is 2. The number of methoxy groups -OCH3 is 1. The predicted octanol–water partition coefficient (Wildman–Crippen LogP) is 6.15. The molecule has 2 amide bonds. The van der Waals surface area contributed by atoms with Crippen molar-refractivity contribution in [1.29, 1.82) is 0 Å². The van der Waals surface area contributed by atoms with Crippen LogP contribution in [0.5, 0.6) is 0 Å². The SMILES string of the molecule is CCCCCc1ccc(C(=O)N(CCOC)CC(=O)N(Cc2ccccc2)Cc2coc3ccc(C)cc3c2=O)cc1. The minimum Gasteiger partial charge on any atom is -0.464 e. The van der Waals surface area contributed by atoms with Gasteiger partial charge in [0, 0.05) is 25.8 Å². The van der Waals surface area contributed by atoms with Gasteiger partial charge in [-0.1, -0.05) is 73.9 Å². The van der Waals surface area contributed by atoms with E-state index in [2.05, 4.69) is 6.92 Å². The molecular weight excluding hydrogens is 528 g/mol. The molecule has 0 radical (unpaired) electrons. The number of aryl methyl sites for hydroxylation is 2. The third kappa shape index (κ3) is 8.17. The second kappa shape index (κ2) is 15.1. The molecule has 220 valence electrons. The van der Waals surface area contributed by atoms with Gasteiger partial charge < -0.3 is 19.0 Å². The lowest BCUT2D eigenvalue weighted by Gasteiger charge is -2.28. The molecule has 0 bridgehead atoms. The highest BCUT2D eigenvalue weighted by molar-refractivity contribution is 5.96. The molecule has 0 atom stereocenters. The van der Waals surface area contributed by atoms with Gasteiger partial charge in [0.2, 0.25) is 5.91 Å². The molecule has 3 aromatic carbocycles. The molecule has 0 unspecified atom stereocenters. The van der Waals surface area contributed by atoms with Gasteiger partial charge in [0.05, 0.1) is 30.4 Å². The molecule has 0 fully saturated rings. The van der Waals surface area contributed by atoms with E-state index >= 15 is 0 Å². The third-order valence-electron chi connectivity index (χ3n) is 7.38. The van der Waals surface area contributed by atoms with Crippen molar-refractivity contribution in [3.05, 3.63) is 117 Å². The summed E-state index contributed by atoms with van der Waals surface area (Å²) in [5.74, 6) is -0.510. The first kappa shape index (κ1) is 30.7. The number of ether oxygens (including phenoxy) is 1. The minimum absolute atomic E-state index is 0.0543. The van der Waals surface area contributed by atoms with Crippen LogP contribution in [0, 0.1) is 6.92 Å². The first-order valence-corrected chi connectivity index (χ1v) is 14.6. The number of amides is 2. The van der Waals surface area contributed by atoms with Crippen LogP contribution in [0.2, 0.25) is 0 Å². The summed E-state index contributed by atoms with van der Waals surface area (Å²) < 4.78 is 11.0. The monoisotopic (exact) mass is 568 g/mol. The Morgan fingerprint density at radius 3 is 2.36 bits per heavy atom. The summed E-state index contributed by atoms with van der Waals surface area (Å²) in [7, 11) is 1.57. The van der Waals surface area contributed by atoms with Crippen LogP contribution in [0.15, 0.2) is 88.3 Å². The van der Waals surface area contributed by atoms with E-state index in [1.54, 1.807) is 24.1 Å². The van der Waals surface area contributed by atoms with Crippen molar-refractivity contribution in [3.63, 3.8) is 0 Å². The van der Waals surface area contributed by atoms with Crippen LogP contribution >= 0.6 is 0 Å². The number of hydrogen-bond acceptors (Lipinski definition) is 5. The number of carbonyl (C=O) groups excluding carboxylic acids is 2. The first-order chi connectivity index (χ1) is 20.4. The molecule has 0 aliphatic carbocycles. The molecule has 4 aromatic rings. The van der Waals surface area contributed by atoms with E-state index in [0.717, 1.165) is 30.4 Å². The van der Waals surface area contributed by atoms with E-state index < -0.39 is 0 Å². The molecular formula is C35H40N2O5. The van der Waals surface area contributed by atoms with E-state index in [9.17, 15) is 14.4 Å². The molecule has 1 heterocycles. The fourth-order valence-electron chi connectivity index (χ4n) is 4.93. The van der Waals surface area contributed by atoms with Crippen molar-refractivity contribution in [1.82, 2.24) is 9.80 Å². The summed E-state index contributed by atoms with van der Waals surface area (Å²) in [6.07, 6.45) is 5.86. The van der Waals surface area contributed by atoms with Gasteiger partial charge >= 0.3 is 0 Å². The fraction of sp³-hybridized carbons (Fsp3) is 0.343. The van der Waals surface area contributed by atoms with Crippen LogP contribution in [-0.2, 0) is 29.0 Å². The van der Waals surface area contributed by atoms with Gasteiger partial charge in [-0.25, -0.2) is 0 Å². The number of rotatable bonds is 14. The number of benzene rings is 3. The maximum absolute atomic E-state index is 13.8. The van der Waals surface area contributed by atoms with Gasteiger partial charge in [-0.3, -0.25) is 14.4 Å². The van der Waals surface area contributed by atoms with E-state index in [4.69, 9.17) is 9.15 Å². The molecule has 1 aromatic heterocycles. The largest absolute Gasteiger partial charge is 0.464 e. The summed E-state index contributed by atoms with van der Waals surface area (Å²) in [6, 6.07) is 22.7. The molecule has 7 heteroatoms. The molecule has 7 nitrogen and oxygen atoms in total. The zero-order chi connectivity index (χ0) is 29.9. The molecule has 0 aliphatic rings. The Balaban J connectivity index is 1.57. The highest BCUT2D eigenvalue weighted by Gasteiger charge is 2.24. The van der Waals surface area contributed by atoms with Crippen LogP contribution < -0.4 is 5.43 Å². The van der Waals surface area contributed by atoms with Crippen LogP contribution in [0.3, 0.4) is 0 Å². The van der Waals surface area contributed by atoms with Gasteiger partial charge in [0.15, 0.2) is 5.43 Å². The Morgan fingerprint density at radius 2 is 1.64 bits per heavy atom. The van der Waals surface area contributed by atoms with Crippen molar-refractivity contribution in [2.75, 3.05) is 26.8 Å². The van der Waals surface area contributed by atoms with Crippen molar-refractivity contribution < 1.29 is 18.7 Å². The van der Waals surface area contributed by atoms with Gasteiger partial charge in [-0.05, 0) is 55.2 Å². The third-order valence-corrected chi connectivity index (χ3v) is 7.38. The molecule has 0 aliphatic heterocycles. The first-order valence-electron chi connectivity index (χ1n) is 14.6. The number of fused-ring (bicyclic) bond motifs is 1. The van der Waals surface area contributed by atoms with Crippen molar-refractivity contribution >= 4 is 22.8 Å². The average Bonchev–Trinajstić information content (AvgIpc) is 3.01. The van der Waals surface area contributed by atoms with Crippen molar-refractivity contribution in [2.45, 2.75) is 52.6 Å². The van der Waals surface area contributed by atoms with Crippen LogP contribution in [-0.4, -0.2) is 48.4 Å². The maximum atomic E-state index is 13.8. The summed E-state index contributed by atoms with van der Waals surface area (Å²) >= 11 is 0. The standard InChI is InChI=1S/C35H40N2O5/c1-4-5-7-10-27-14-16-29(17-15-27)35(40)36(19-20-41-3)24-33(38)37(22-28-11-8-6-9-12-28)23-30-25-42-32-18-13-26(2)21-31(32)34(30)39/h6,8-9,11-18,21,25H,4-5,7,10,19-20,22-24H2,1-3H3. The highest BCUT2D eigenvalue weighted by Crippen LogP contribution is 2.17. The van der Waals surface area contributed by atoms with Crippen LogP contribution in [0.4, 0.5) is 0 Å². The highest BCUT2D eigenvalue weighted by atomic mass is 16.5. The van der Waals surface area contributed by atoms with E-state index in [0.29, 0.717) is 28.7 Å². The molecule has 0 spiro atoms. The van der Waals surface area contributed by atoms with E-state index in [1.165, 1.54) is 23.1 Å². The lowest BCUT2D eigenvalue weighted by molar-refractivity contribution is -0.133. The minimum atomic E-state index is -0.275. The Bertz CT molecular complexity index is 1530. The second-order valence-electron chi connectivity index (χ2n) is 10.7. The van der Waals surface area contributed by atoms with Gasteiger partial charge in [0.25, 0.3) is 5.91 Å². The van der Waals surface area contributed by atoms with Crippen LogP contribution in [0.1, 0.15) is 58.8 Å². The fourth-order valence-corrected chi connectivity index (χ4v) is 4.93. The zero-order valence-corrected chi connectivity index (χ0v) is 24.8. The molecule has 0 N–H and O–H groups in total. The van der Waals surface area contributed by atoms with Crippen molar-refractivity contribution in [2.24, 2.45) is 0 Å². The summed E-state index contributed by atoms with van der Waals surface area (Å²) in [5, 5.41) is 0.481. The molecule has 0 saturated heterocycles. The molecule has 4 rings (SSSR count). The van der Waals surface area contributed by atoms with Crippen LogP contribution in [0.25, 0.3) is 11.0 Å². The summed E-state index contributed by atoms with van der Waals surface area (Å²) in [5.41, 5.74) is 4.30. The van der Waals surface area contributed by atoms with Crippen molar-refractivity contribution in [3.8, 4) is 0 Å².